The third kappa shape index (κ3) is 8.79. The highest BCUT2D eigenvalue weighted by molar-refractivity contribution is 6.41. The number of nitrogens with one attached hydrogen (secondary N) is 2. The van der Waals surface area contributed by atoms with E-state index in [1.165, 1.54) is 24.3 Å². The van der Waals surface area contributed by atoms with Crippen molar-refractivity contribution in [3.63, 3.8) is 0 Å². The normalized spacial score (nSPS) is 10.9. The topological polar surface area (TPSA) is 199 Å². The van der Waals surface area contributed by atoms with E-state index in [1.807, 2.05) is 98.3 Å². The lowest BCUT2D eigenvalue weighted by molar-refractivity contribution is -0.191. The van der Waals surface area contributed by atoms with E-state index in [0.717, 1.165) is 38.7 Å². The van der Waals surface area contributed by atoms with E-state index in [2.05, 4.69) is 10.6 Å². The van der Waals surface area contributed by atoms with Crippen molar-refractivity contribution in [3.05, 3.63) is 145 Å². The number of rotatable bonds is 9. The van der Waals surface area contributed by atoms with Crippen LogP contribution in [-0.4, -0.2) is 68.9 Å². The first-order chi connectivity index (χ1) is 30.6. The molecule has 4 aliphatic rings. The van der Waals surface area contributed by atoms with Gasteiger partial charge in [-0.25, -0.2) is 9.37 Å². The predicted molar refractivity (Wildman–Crippen MR) is 242 cm³/mol. The summed E-state index contributed by atoms with van der Waals surface area (Å²) in [6.07, 6.45) is 0.250. The summed E-state index contributed by atoms with van der Waals surface area (Å²) < 4.78 is 14.3. The van der Waals surface area contributed by atoms with E-state index >= 15 is 0 Å². The SMILES string of the molecule is CN(C)c1ccc2c(-c3c(Cl)c(C(=O)NCC(=O)NCc4ccc(-c5c6ccc(=O)cc-6oc6cc(O)ccc56)cc4)cc(Cl)c3C(=O)O)c3ccc(=[N+](C)C)cc-3oc2c1.O=C=O. The van der Waals surface area contributed by atoms with Gasteiger partial charge in [-0.15, -0.1) is 0 Å². The van der Waals surface area contributed by atoms with Crippen LogP contribution in [-0.2, 0) is 20.9 Å². The number of anilines is 1. The second-order valence-corrected chi connectivity index (χ2v) is 15.7. The van der Waals surface area contributed by atoms with Gasteiger partial charge in [0.25, 0.3) is 5.91 Å². The van der Waals surface area contributed by atoms with Gasteiger partial charge >= 0.3 is 12.1 Å². The molecule has 0 radical (unpaired) electrons. The van der Waals surface area contributed by atoms with Gasteiger partial charge in [0, 0.05) is 89.2 Å². The molecule has 2 aliphatic heterocycles. The summed E-state index contributed by atoms with van der Waals surface area (Å²) in [5, 5.41) is 27.7. The molecule has 8 rings (SSSR count). The summed E-state index contributed by atoms with van der Waals surface area (Å²) in [7, 11) is 7.55. The molecule has 322 valence electrons. The van der Waals surface area contributed by atoms with Crippen molar-refractivity contribution in [2.24, 2.45) is 0 Å². The molecule has 4 aromatic rings. The Morgan fingerprint density at radius 1 is 0.750 bits per heavy atom. The number of amides is 2. The number of benzene rings is 6. The molecule has 0 saturated carbocycles. The molecule has 0 bridgehead atoms. The highest BCUT2D eigenvalue weighted by Gasteiger charge is 2.30. The average molecular weight is 901 g/mol. The first-order valence-electron chi connectivity index (χ1n) is 19.4. The molecule has 0 saturated heterocycles. The minimum absolute atomic E-state index is 0.0268. The molecule has 0 aromatic heterocycles. The maximum atomic E-state index is 13.8. The molecule has 0 atom stereocenters. The van der Waals surface area contributed by atoms with Crippen LogP contribution in [0.1, 0.15) is 26.3 Å². The molecule has 2 aliphatic carbocycles. The van der Waals surface area contributed by atoms with Crippen LogP contribution in [0, 0.1) is 0 Å². The van der Waals surface area contributed by atoms with Crippen molar-refractivity contribution in [1.29, 1.82) is 0 Å². The quantitative estimate of drug-likeness (QED) is 0.0834. The maximum Gasteiger partial charge on any atom is 0.373 e. The van der Waals surface area contributed by atoms with Crippen molar-refractivity contribution in [2.75, 3.05) is 39.6 Å². The van der Waals surface area contributed by atoms with Crippen LogP contribution in [0.15, 0.2) is 117 Å². The number of carbonyl (C=O) groups is 3. The molecular weight excluding hydrogens is 863 g/mol. The van der Waals surface area contributed by atoms with E-state index in [1.54, 1.807) is 18.2 Å². The minimum Gasteiger partial charge on any atom is -0.508 e. The fourth-order valence-electron chi connectivity index (χ4n) is 7.41. The highest BCUT2D eigenvalue weighted by Crippen LogP contribution is 2.47. The van der Waals surface area contributed by atoms with Crippen molar-refractivity contribution < 1.29 is 43.0 Å². The molecule has 16 heteroatoms. The Kier molecular flexibility index (Phi) is 12.7. The third-order valence-electron chi connectivity index (χ3n) is 10.5. The Hall–Kier alpha value is -7.77. The summed E-state index contributed by atoms with van der Waals surface area (Å²) in [6, 6.07) is 29.0. The first kappa shape index (κ1) is 44.3. The van der Waals surface area contributed by atoms with Crippen LogP contribution in [0.4, 0.5) is 5.69 Å². The van der Waals surface area contributed by atoms with Crippen molar-refractivity contribution in [2.45, 2.75) is 6.54 Å². The Morgan fingerprint density at radius 3 is 2.05 bits per heavy atom. The molecule has 14 nitrogen and oxygen atoms in total. The van der Waals surface area contributed by atoms with Gasteiger partial charge < -0.3 is 34.6 Å². The van der Waals surface area contributed by atoms with E-state index in [4.69, 9.17) is 41.6 Å². The standard InChI is InChI=1S/C47H36Cl2N4O8.CO2/c1-52(2)26-9-13-32-36(17-26)60-37-18-27(53(3)4)10-14-33(37)42(32)44-43(47(58)59)35(48)21-34(45(44)49)46(57)51-23-40(56)50-22-24-5-7-25(8-6-24)41-30-15-11-28(54)19-38(30)61-39-20-29(55)12-16-31(39)41;2-1-3/h5-21H,22-23H2,1-4H3,(H3-,50,51,54,55,56,57,58,59);/p+1. The van der Waals surface area contributed by atoms with E-state index in [-0.39, 0.29) is 50.6 Å². The van der Waals surface area contributed by atoms with Gasteiger partial charge in [-0.2, -0.15) is 9.59 Å². The number of aromatic hydroxyl groups is 1. The fourth-order valence-corrected chi connectivity index (χ4v) is 8.02. The molecule has 4 aromatic carbocycles. The number of nitrogens with zero attached hydrogens (tertiary/aromatic N) is 2. The summed E-state index contributed by atoms with van der Waals surface area (Å²) in [6.45, 7) is -0.278. The van der Waals surface area contributed by atoms with E-state index in [0.29, 0.717) is 39.2 Å². The maximum absolute atomic E-state index is 13.8. The van der Waals surface area contributed by atoms with Crippen molar-refractivity contribution in [3.8, 4) is 50.7 Å². The van der Waals surface area contributed by atoms with Crippen molar-refractivity contribution >= 4 is 74.8 Å². The van der Waals surface area contributed by atoms with Gasteiger partial charge in [0.1, 0.15) is 42.5 Å². The summed E-state index contributed by atoms with van der Waals surface area (Å²) in [4.78, 5) is 70.0. The van der Waals surface area contributed by atoms with Gasteiger partial charge in [0.15, 0.2) is 5.43 Å². The summed E-state index contributed by atoms with van der Waals surface area (Å²) in [5.41, 5.74) is 5.19. The predicted octanol–water partition coefficient (Wildman–Crippen LogP) is 7.35. The number of carboxylic acid groups (broad SMARTS) is 1. The number of aromatic carboxylic acids is 1. The largest absolute Gasteiger partial charge is 0.508 e. The number of carboxylic acids is 1. The third-order valence-corrected chi connectivity index (χ3v) is 11.2. The Labute approximate surface area is 373 Å². The molecule has 2 heterocycles. The zero-order chi connectivity index (χ0) is 46.0. The number of halogens is 2. The zero-order valence-corrected chi connectivity index (χ0v) is 36.1. The lowest BCUT2D eigenvalue weighted by atomic mass is 9.89. The second-order valence-electron chi connectivity index (χ2n) is 15.0. The smallest absolute Gasteiger partial charge is 0.373 e. The monoisotopic (exact) mass is 899 g/mol. The molecule has 0 spiro atoms. The van der Waals surface area contributed by atoms with Crippen LogP contribution >= 0.6 is 23.2 Å². The van der Waals surface area contributed by atoms with Gasteiger partial charge in [-0.3, -0.25) is 14.4 Å². The number of phenols is 1. The molecular formula is C48H37Cl2N4O10+. The molecule has 0 fully saturated rings. The molecule has 64 heavy (non-hydrogen) atoms. The number of carbonyl (C=O) groups excluding carboxylic acids is 4. The number of hydrogen-bond acceptors (Lipinski definition) is 10. The van der Waals surface area contributed by atoms with Crippen LogP contribution in [0.25, 0.3) is 66.8 Å². The first-order valence-corrected chi connectivity index (χ1v) is 20.1. The van der Waals surface area contributed by atoms with Crippen LogP contribution in [0.3, 0.4) is 0 Å². The lowest BCUT2D eigenvalue weighted by Gasteiger charge is -2.21. The number of phenolic OH excluding ortho intramolecular Hbond substituents is 1. The van der Waals surface area contributed by atoms with E-state index in [9.17, 15) is 29.4 Å². The van der Waals surface area contributed by atoms with Gasteiger partial charge in [0.05, 0.1) is 33.8 Å². The lowest BCUT2D eigenvalue weighted by Crippen LogP contribution is -2.36. The van der Waals surface area contributed by atoms with Crippen LogP contribution in [0.5, 0.6) is 5.75 Å². The van der Waals surface area contributed by atoms with E-state index < -0.39 is 24.3 Å². The molecule has 2 amide bonds. The van der Waals surface area contributed by atoms with Gasteiger partial charge in [-0.1, -0.05) is 47.5 Å². The Morgan fingerprint density at radius 2 is 1.38 bits per heavy atom. The second kappa shape index (κ2) is 18.3. The number of fused-ring (bicyclic) bond motifs is 4. The Bertz CT molecular complexity index is 3270. The number of hydrogen-bond donors (Lipinski definition) is 4. The van der Waals surface area contributed by atoms with Gasteiger partial charge in [-0.05, 0) is 59.7 Å². The molecule has 4 N–H and O–H groups in total. The fraction of sp³-hybridized carbons (Fsp3) is 0.125. The highest BCUT2D eigenvalue weighted by atomic mass is 35.5. The van der Waals surface area contributed by atoms with Crippen molar-refractivity contribution in [1.82, 2.24) is 15.2 Å². The minimum atomic E-state index is -1.35. The Balaban J connectivity index is 0.00000199. The zero-order valence-electron chi connectivity index (χ0n) is 34.5. The van der Waals surface area contributed by atoms with Gasteiger partial charge in [0.2, 0.25) is 11.3 Å². The molecule has 0 unspecified atom stereocenters. The van der Waals surface area contributed by atoms with Crippen LogP contribution < -0.4 is 30.9 Å². The van der Waals surface area contributed by atoms with Crippen LogP contribution in [0.2, 0.25) is 10.0 Å². The summed E-state index contributed by atoms with van der Waals surface area (Å²) in [5.74, 6) is -1.72. The summed E-state index contributed by atoms with van der Waals surface area (Å²) >= 11 is 13.7. The average Bonchev–Trinajstić information content (AvgIpc) is 3.26.